The van der Waals surface area contributed by atoms with E-state index in [1.165, 1.54) is 0 Å². The van der Waals surface area contributed by atoms with Crippen LogP contribution in [0.5, 0.6) is 0 Å². The van der Waals surface area contributed by atoms with Crippen LogP contribution < -0.4 is 11.1 Å². The van der Waals surface area contributed by atoms with Gasteiger partial charge in [-0.2, -0.15) is 0 Å². The molecule has 20 heavy (non-hydrogen) atoms. The van der Waals surface area contributed by atoms with Crippen molar-refractivity contribution in [3.05, 3.63) is 42.1 Å². The third-order valence-electron chi connectivity index (χ3n) is 3.56. The van der Waals surface area contributed by atoms with Gasteiger partial charge in [-0.1, -0.05) is 31.2 Å². The molecule has 4 heteroatoms. The lowest BCUT2D eigenvalue weighted by molar-refractivity contribution is -0.124. The van der Waals surface area contributed by atoms with Crippen LogP contribution in [0.3, 0.4) is 0 Å². The lowest BCUT2D eigenvalue weighted by Crippen LogP contribution is -2.35. The Hall–Kier alpha value is -1.94. The number of aromatic nitrogens is 1. The fourth-order valence-corrected chi connectivity index (χ4v) is 2.29. The number of carbonyl (C=O) groups excluding carboxylic acids is 1. The number of hydrogen-bond donors (Lipinski definition) is 2. The van der Waals surface area contributed by atoms with Crippen molar-refractivity contribution in [2.45, 2.75) is 19.8 Å². The van der Waals surface area contributed by atoms with E-state index in [2.05, 4.69) is 16.4 Å². The molecule has 0 saturated heterocycles. The van der Waals surface area contributed by atoms with E-state index in [1.807, 2.05) is 31.2 Å². The monoisotopic (exact) mass is 271 g/mol. The van der Waals surface area contributed by atoms with Gasteiger partial charge in [-0.05, 0) is 24.5 Å². The summed E-state index contributed by atoms with van der Waals surface area (Å²) in [5.41, 5.74) is 7.74. The zero-order valence-corrected chi connectivity index (χ0v) is 11.8. The highest BCUT2D eigenvalue weighted by atomic mass is 16.1. The molecule has 0 saturated carbocycles. The lowest BCUT2D eigenvalue weighted by atomic mass is 10.1. The number of carbonyl (C=O) groups is 1. The van der Waals surface area contributed by atoms with E-state index in [4.69, 9.17) is 5.73 Å². The molecule has 1 unspecified atom stereocenters. The summed E-state index contributed by atoms with van der Waals surface area (Å²) in [7, 11) is 0. The van der Waals surface area contributed by atoms with Crippen molar-refractivity contribution in [2.75, 3.05) is 13.1 Å². The van der Waals surface area contributed by atoms with Crippen molar-refractivity contribution in [1.29, 1.82) is 0 Å². The number of nitrogens with two attached hydrogens (primary N) is 1. The van der Waals surface area contributed by atoms with Crippen LogP contribution >= 0.6 is 0 Å². The van der Waals surface area contributed by atoms with Crippen LogP contribution in [0.15, 0.2) is 36.5 Å². The molecule has 0 aliphatic heterocycles. The van der Waals surface area contributed by atoms with E-state index in [-0.39, 0.29) is 11.8 Å². The Balaban J connectivity index is 1.98. The van der Waals surface area contributed by atoms with Gasteiger partial charge in [-0.3, -0.25) is 9.78 Å². The molecule has 1 aromatic heterocycles. The number of pyridine rings is 1. The first kappa shape index (κ1) is 14.5. The minimum atomic E-state index is -0.0827. The summed E-state index contributed by atoms with van der Waals surface area (Å²) in [5.74, 6) is -0.0381. The number of nitrogens with one attached hydrogen (secondary N) is 1. The number of fused-ring (bicyclic) bond motifs is 1. The Morgan fingerprint density at radius 2 is 2.15 bits per heavy atom. The molecule has 2 aromatic rings. The number of para-hydroxylation sites is 1. The Morgan fingerprint density at radius 1 is 1.35 bits per heavy atom. The Bertz CT molecular complexity index is 573. The molecule has 2 rings (SSSR count). The maximum absolute atomic E-state index is 11.9. The first-order valence-corrected chi connectivity index (χ1v) is 7.06. The highest BCUT2D eigenvalue weighted by Crippen LogP contribution is 2.16. The molecular formula is C16H21N3O. The van der Waals surface area contributed by atoms with Crippen molar-refractivity contribution in [3.63, 3.8) is 0 Å². The van der Waals surface area contributed by atoms with Crippen molar-refractivity contribution < 1.29 is 4.79 Å². The van der Waals surface area contributed by atoms with Gasteiger partial charge in [0.25, 0.3) is 0 Å². The molecule has 0 spiro atoms. The quantitative estimate of drug-likeness (QED) is 0.843. The van der Waals surface area contributed by atoms with Gasteiger partial charge >= 0.3 is 0 Å². The van der Waals surface area contributed by atoms with Crippen LogP contribution in [-0.4, -0.2) is 24.0 Å². The number of nitrogens with zero attached hydrogens (tertiary/aromatic N) is 1. The fraction of sp³-hybridized carbons (Fsp3) is 0.375. The van der Waals surface area contributed by atoms with E-state index in [9.17, 15) is 4.79 Å². The number of hydrogen-bond acceptors (Lipinski definition) is 3. The van der Waals surface area contributed by atoms with Gasteiger partial charge in [-0.25, -0.2) is 0 Å². The molecule has 4 nitrogen and oxygen atoms in total. The maximum atomic E-state index is 11.9. The standard InChI is InChI=1S/C16H21N3O/c1-2-12(11-17)16(20)19-10-8-14-6-3-5-13-7-4-9-18-15(13)14/h3-7,9,12H,2,8,10-11,17H2,1H3,(H,19,20). The van der Waals surface area contributed by atoms with Crippen LogP contribution in [-0.2, 0) is 11.2 Å². The summed E-state index contributed by atoms with van der Waals surface area (Å²) in [6, 6.07) is 10.1. The molecule has 0 bridgehead atoms. The zero-order valence-electron chi connectivity index (χ0n) is 11.8. The average Bonchev–Trinajstić information content (AvgIpc) is 2.49. The van der Waals surface area contributed by atoms with Gasteiger partial charge in [0.15, 0.2) is 0 Å². The molecule has 0 aliphatic carbocycles. The van der Waals surface area contributed by atoms with Gasteiger partial charge in [0.05, 0.1) is 5.52 Å². The minimum Gasteiger partial charge on any atom is -0.355 e. The summed E-state index contributed by atoms with van der Waals surface area (Å²) in [5, 5.41) is 4.08. The van der Waals surface area contributed by atoms with Gasteiger partial charge in [0.2, 0.25) is 5.91 Å². The van der Waals surface area contributed by atoms with Crippen molar-refractivity contribution >= 4 is 16.8 Å². The third-order valence-corrected chi connectivity index (χ3v) is 3.56. The maximum Gasteiger partial charge on any atom is 0.224 e. The second-order valence-corrected chi connectivity index (χ2v) is 4.87. The molecule has 106 valence electrons. The first-order chi connectivity index (χ1) is 9.76. The summed E-state index contributed by atoms with van der Waals surface area (Å²) in [6.07, 6.45) is 3.35. The SMILES string of the molecule is CCC(CN)C(=O)NCCc1cccc2cccnc12. The number of benzene rings is 1. The summed E-state index contributed by atoms with van der Waals surface area (Å²) in [4.78, 5) is 16.3. The van der Waals surface area contributed by atoms with E-state index in [1.54, 1.807) is 6.20 Å². The predicted molar refractivity (Wildman–Crippen MR) is 81.3 cm³/mol. The Kier molecular flexibility index (Phi) is 5.07. The van der Waals surface area contributed by atoms with Crippen LogP contribution in [0.2, 0.25) is 0 Å². The second-order valence-electron chi connectivity index (χ2n) is 4.87. The van der Waals surface area contributed by atoms with Crippen molar-refractivity contribution in [1.82, 2.24) is 10.3 Å². The van der Waals surface area contributed by atoms with Gasteiger partial charge < -0.3 is 11.1 Å². The molecule has 1 heterocycles. The normalized spacial score (nSPS) is 12.3. The zero-order chi connectivity index (χ0) is 14.4. The highest BCUT2D eigenvalue weighted by molar-refractivity contribution is 5.82. The minimum absolute atomic E-state index is 0.0446. The van der Waals surface area contributed by atoms with Crippen molar-refractivity contribution in [2.24, 2.45) is 11.7 Å². The van der Waals surface area contributed by atoms with Crippen molar-refractivity contribution in [3.8, 4) is 0 Å². The third kappa shape index (κ3) is 3.33. The summed E-state index contributed by atoms with van der Waals surface area (Å²) in [6.45, 7) is 2.99. The molecule has 0 radical (unpaired) electrons. The van der Waals surface area contributed by atoms with Crippen LogP contribution in [0.1, 0.15) is 18.9 Å². The molecule has 0 fully saturated rings. The van der Waals surface area contributed by atoms with Gasteiger partial charge in [0.1, 0.15) is 0 Å². The van der Waals surface area contributed by atoms with Gasteiger partial charge in [0, 0.05) is 30.6 Å². The topological polar surface area (TPSA) is 68.0 Å². The van der Waals surface area contributed by atoms with Gasteiger partial charge in [-0.15, -0.1) is 0 Å². The molecule has 1 amide bonds. The second kappa shape index (κ2) is 7.01. The fourth-order valence-electron chi connectivity index (χ4n) is 2.29. The molecule has 0 aliphatic rings. The summed E-state index contributed by atoms with van der Waals surface area (Å²) < 4.78 is 0. The van der Waals surface area contributed by atoms with E-state index in [0.717, 1.165) is 29.3 Å². The smallest absolute Gasteiger partial charge is 0.224 e. The van der Waals surface area contributed by atoms with E-state index < -0.39 is 0 Å². The Labute approximate surface area is 119 Å². The van der Waals surface area contributed by atoms with Crippen LogP contribution in [0.4, 0.5) is 0 Å². The molecule has 3 N–H and O–H groups in total. The van der Waals surface area contributed by atoms with Crippen LogP contribution in [0.25, 0.3) is 10.9 Å². The van der Waals surface area contributed by atoms with E-state index in [0.29, 0.717) is 13.1 Å². The number of rotatable bonds is 6. The Morgan fingerprint density at radius 3 is 2.90 bits per heavy atom. The van der Waals surface area contributed by atoms with E-state index >= 15 is 0 Å². The molecule has 1 atom stereocenters. The lowest BCUT2D eigenvalue weighted by Gasteiger charge is -2.13. The highest BCUT2D eigenvalue weighted by Gasteiger charge is 2.13. The largest absolute Gasteiger partial charge is 0.355 e. The number of amides is 1. The van der Waals surface area contributed by atoms with Crippen LogP contribution in [0, 0.1) is 5.92 Å². The first-order valence-electron chi connectivity index (χ1n) is 7.06. The summed E-state index contributed by atoms with van der Waals surface area (Å²) >= 11 is 0. The molecular weight excluding hydrogens is 250 g/mol. The molecule has 1 aromatic carbocycles. The predicted octanol–water partition coefficient (Wildman–Crippen LogP) is 1.88. The average molecular weight is 271 g/mol.